The first-order valence-corrected chi connectivity index (χ1v) is 11.0. The van der Waals surface area contributed by atoms with Crippen molar-refractivity contribution in [1.82, 2.24) is 0 Å². The van der Waals surface area contributed by atoms with E-state index in [4.69, 9.17) is 0 Å². The predicted octanol–water partition coefficient (Wildman–Crippen LogP) is 5.50. The van der Waals surface area contributed by atoms with Crippen LogP contribution in [0.3, 0.4) is 0 Å². The topological polar surface area (TPSA) is 57.6 Å². The summed E-state index contributed by atoms with van der Waals surface area (Å²) in [5.74, 6) is -1.33. The molecule has 1 unspecified atom stereocenters. The van der Waals surface area contributed by atoms with Crippen LogP contribution >= 0.6 is 0 Å². The van der Waals surface area contributed by atoms with Crippen molar-refractivity contribution in [2.45, 2.75) is 18.6 Å². The maximum absolute atomic E-state index is 13.7. The molecule has 34 heavy (non-hydrogen) atoms. The molecule has 1 amide bonds. The molecule has 1 N–H and O–H groups in total. The van der Waals surface area contributed by atoms with Crippen molar-refractivity contribution in [2.24, 2.45) is 0 Å². The predicted molar refractivity (Wildman–Crippen MR) is 129 cm³/mol. The quantitative estimate of drug-likeness (QED) is 0.394. The molecule has 0 fully saturated rings. The summed E-state index contributed by atoms with van der Waals surface area (Å²) in [6.07, 6.45) is -0.382. The third-order valence-corrected chi connectivity index (χ3v) is 6.20. The number of aliphatic hydroxyl groups is 1. The zero-order chi connectivity index (χ0) is 23.7. The number of ketones is 1. The van der Waals surface area contributed by atoms with Gasteiger partial charge in [0.25, 0.3) is 5.91 Å². The molecule has 1 aliphatic heterocycles. The lowest BCUT2D eigenvalue weighted by Gasteiger charge is -2.23. The van der Waals surface area contributed by atoms with Crippen LogP contribution in [0.5, 0.6) is 0 Å². The number of carbonyl (C=O) groups is 2. The molecule has 0 bridgehead atoms. The van der Waals surface area contributed by atoms with Gasteiger partial charge in [-0.2, -0.15) is 0 Å². The smallest absolute Gasteiger partial charge is 0.264 e. The Morgan fingerprint density at radius 2 is 1.50 bits per heavy atom. The van der Waals surface area contributed by atoms with E-state index in [-0.39, 0.29) is 18.7 Å². The summed E-state index contributed by atoms with van der Waals surface area (Å²) in [4.78, 5) is 28.0. The van der Waals surface area contributed by atoms with E-state index < -0.39 is 17.3 Å². The van der Waals surface area contributed by atoms with Crippen molar-refractivity contribution in [3.05, 3.63) is 126 Å². The Hall–Kier alpha value is -4.09. The molecule has 0 saturated carbocycles. The summed E-state index contributed by atoms with van der Waals surface area (Å²) >= 11 is 0. The SMILES string of the molecule is O=C(CC1(O)C(=O)N(Cc2cccc(F)c2)c2ccccc21)c1ccc(-c2ccccc2)cc1. The van der Waals surface area contributed by atoms with Gasteiger partial charge in [0.15, 0.2) is 11.4 Å². The van der Waals surface area contributed by atoms with Gasteiger partial charge < -0.3 is 10.0 Å². The summed E-state index contributed by atoms with van der Waals surface area (Å²) < 4.78 is 13.7. The number of hydrogen-bond acceptors (Lipinski definition) is 3. The fourth-order valence-electron chi connectivity index (χ4n) is 4.47. The molecule has 0 aromatic heterocycles. The van der Waals surface area contributed by atoms with Crippen LogP contribution in [-0.2, 0) is 16.9 Å². The van der Waals surface area contributed by atoms with Crippen molar-refractivity contribution in [2.75, 3.05) is 4.90 Å². The van der Waals surface area contributed by atoms with E-state index >= 15 is 0 Å². The molecule has 4 aromatic carbocycles. The van der Waals surface area contributed by atoms with Crippen LogP contribution in [0.25, 0.3) is 11.1 Å². The lowest BCUT2D eigenvalue weighted by molar-refractivity contribution is -0.136. The van der Waals surface area contributed by atoms with E-state index in [0.29, 0.717) is 22.4 Å². The van der Waals surface area contributed by atoms with E-state index in [2.05, 4.69) is 0 Å². The van der Waals surface area contributed by atoms with Gasteiger partial charge in [0.05, 0.1) is 18.7 Å². The van der Waals surface area contributed by atoms with Crippen molar-refractivity contribution < 1.29 is 19.1 Å². The normalized spacial score (nSPS) is 17.0. The minimum Gasteiger partial charge on any atom is -0.375 e. The molecule has 4 nitrogen and oxygen atoms in total. The molecule has 0 aliphatic carbocycles. The Labute approximate surface area is 196 Å². The zero-order valence-corrected chi connectivity index (χ0v) is 18.3. The van der Waals surface area contributed by atoms with Crippen molar-refractivity contribution >= 4 is 17.4 Å². The molecule has 0 spiro atoms. The number of benzene rings is 4. The van der Waals surface area contributed by atoms with Crippen LogP contribution in [0.1, 0.15) is 27.9 Å². The number of Topliss-reactive ketones (excluding diaryl/α,β-unsaturated/α-hetero) is 1. The van der Waals surface area contributed by atoms with Gasteiger partial charge in [-0.1, -0.05) is 84.9 Å². The average molecular weight is 451 g/mol. The average Bonchev–Trinajstić information content (AvgIpc) is 3.06. The van der Waals surface area contributed by atoms with Crippen molar-refractivity contribution in [3.63, 3.8) is 0 Å². The Kier molecular flexibility index (Phi) is 5.56. The van der Waals surface area contributed by atoms with E-state index in [0.717, 1.165) is 11.1 Å². The Balaban J connectivity index is 1.41. The molecule has 4 aromatic rings. The number of anilines is 1. The minimum absolute atomic E-state index is 0.0931. The fourth-order valence-corrected chi connectivity index (χ4v) is 4.47. The number of nitrogens with zero attached hydrogens (tertiary/aromatic N) is 1. The monoisotopic (exact) mass is 451 g/mol. The number of carbonyl (C=O) groups excluding carboxylic acids is 2. The number of fused-ring (bicyclic) bond motifs is 1. The number of para-hydroxylation sites is 1. The third kappa shape index (κ3) is 3.91. The van der Waals surface area contributed by atoms with Crippen LogP contribution in [0.15, 0.2) is 103 Å². The Morgan fingerprint density at radius 1 is 0.824 bits per heavy atom. The molecule has 1 heterocycles. The van der Waals surface area contributed by atoms with E-state index in [1.807, 2.05) is 42.5 Å². The largest absolute Gasteiger partial charge is 0.375 e. The highest BCUT2D eigenvalue weighted by Crippen LogP contribution is 2.43. The number of rotatable bonds is 6. The van der Waals surface area contributed by atoms with Gasteiger partial charge in [0, 0.05) is 11.1 Å². The summed E-state index contributed by atoms with van der Waals surface area (Å²) in [5.41, 5.74) is 1.93. The first-order chi connectivity index (χ1) is 16.5. The summed E-state index contributed by atoms with van der Waals surface area (Å²) in [5, 5.41) is 11.5. The van der Waals surface area contributed by atoms with Gasteiger partial charge >= 0.3 is 0 Å². The molecule has 1 aliphatic rings. The van der Waals surface area contributed by atoms with Gasteiger partial charge in [-0.25, -0.2) is 4.39 Å². The van der Waals surface area contributed by atoms with Crippen LogP contribution in [0, 0.1) is 5.82 Å². The molecule has 0 radical (unpaired) electrons. The number of amides is 1. The molecule has 1 atom stereocenters. The third-order valence-electron chi connectivity index (χ3n) is 6.20. The highest BCUT2D eigenvalue weighted by Gasteiger charge is 2.50. The van der Waals surface area contributed by atoms with E-state index in [1.165, 1.54) is 17.0 Å². The standard InChI is InChI=1S/C29H22FNO3/c30-24-10-6-7-20(17-24)19-31-26-12-5-4-11-25(26)29(34,28(31)33)18-27(32)23-15-13-22(14-16-23)21-8-2-1-3-9-21/h1-17,34H,18-19H2. The second kappa shape index (κ2) is 8.69. The second-order valence-corrected chi connectivity index (χ2v) is 8.44. The maximum atomic E-state index is 13.7. The van der Waals surface area contributed by atoms with Gasteiger partial charge in [-0.05, 0) is 34.9 Å². The van der Waals surface area contributed by atoms with E-state index in [1.54, 1.807) is 48.5 Å². The highest BCUT2D eigenvalue weighted by molar-refractivity contribution is 6.10. The molecular formula is C29H22FNO3. The lowest BCUT2D eigenvalue weighted by Crippen LogP contribution is -2.41. The fraction of sp³-hybridized carbons (Fsp3) is 0.103. The number of halogens is 1. The first kappa shape index (κ1) is 21.7. The summed E-state index contributed by atoms with van der Waals surface area (Å²) in [6.45, 7) is 0.0931. The first-order valence-electron chi connectivity index (χ1n) is 11.0. The van der Waals surface area contributed by atoms with Crippen LogP contribution in [0.4, 0.5) is 10.1 Å². The molecule has 0 saturated heterocycles. The summed E-state index contributed by atoms with van der Waals surface area (Å²) in [7, 11) is 0. The van der Waals surface area contributed by atoms with Gasteiger partial charge in [0.1, 0.15) is 5.82 Å². The minimum atomic E-state index is -1.99. The van der Waals surface area contributed by atoms with Gasteiger partial charge in [0.2, 0.25) is 0 Å². The second-order valence-electron chi connectivity index (χ2n) is 8.44. The molecular weight excluding hydrogens is 429 g/mol. The zero-order valence-electron chi connectivity index (χ0n) is 18.3. The maximum Gasteiger partial charge on any atom is 0.264 e. The van der Waals surface area contributed by atoms with Crippen LogP contribution in [-0.4, -0.2) is 16.8 Å². The summed E-state index contributed by atoms with van der Waals surface area (Å²) in [6, 6.07) is 29.8. The van der Waals surface area contributed by atoms with Crippen LogP contribution < -0.4 is 4.90 Å². The van der Waals surface area contributed by atoms with Crippen molar-refractivity contribution in [1.29, 1.82) is 0 Å². The number of hydrogen-bond donors (Lipinski definition) is 1. The molecule has 5 rings (SSSR count). The van der Waals surface area contributed by atoms with Gasteiger partial charge in [-0.3, -0.25) is 9.59 Å². The lowest BCUT2D eigenvalue weighted by atomic mass is 9.88. The van der Waals surface area contributed by atoms with Crippen molar-refractivity contribution in [3.8, 4) is 11.1 Å². The molecule has 5 heteroatoms. The van der Waals surface area contributed by atoms with Gasteiger partial charge in [-0.15, -0.1) is 0 Å². The molecule has 168 valence electrons. The van der Waals surface area contributed by atoms with Crippen LogP contribution in [0.2, 0.25) is 0 Å². The highest BCUT2D eigenvalue weighted by atomic mass is 19.1. The van der Waals surface area contributed by atoms with E-state index in [9.17, 15) is 19.1 Å². The Morgan fingerprint density at radius 3 is 2.24 bits per heavy atom. The Bertz CT molecular complexity index is 1370.